The lowest BCUT2D eigenvalue weighted by Crippen LogP contribution is -2.25. The van der Waals surface area contributed by atoms with Gasteiger partial charge in [-0.05, 0) is 32.0 Å². The minimum absolute atomic E-state index is 0.166. The summed E-state index contributed by atoms with van der Waals surface area (Å²) < 4.78 is 11.9. The van der Waals surface area contributed by atoms with Crippen LogP contribution in [-0.2, 0) is 0 Å². The van der Waals surface area contributed by atoms with Crippen LogP contribution in [0.2, 0.25) is 0 Å². The normalized spacial score (nSPS) is 10.7. The molecule has 7 nitrogen and oxygen atoms in total. The molecule has 3 rings (SSSR count). The molecule has 1 amide bonds. The second-order valence-corrected chi connectivity index (χ2v) is 6.23. The third-order valence-corrected chi connectivity index (χ3v) is 4.75. The molecule has 25 heavy (non-hydrogen) atoms. The number of anilines is 1. The highest BCUT2D eigenvalue weighted by Crippen LogP contribution is 2.28. The molecule has 3 aromatic rings. The summed E-state index contributed by atoms with van der Waals surface area (Å²) in [5, 5.41) is 4.52. The van der Waals surface area contributed by atoms with Gasteiger partial charge in [0.05, 0.1) is 19.9 Å². The van der Waals surface area contributed by atoms with Crippen LogP contribution in [0.15, 0.2) is 28.4 Å². The molecule has 8 heteroatoms. The molecule has 0 aliphatic heterocycles. The fraction of sp³-hybridized carbons (Fsp3) is 0.235. The van der Waals surface area contributed by atoms with Crippen molar-refractivity contribution in [2.45, 2.75) is 13.8 Å². The minimum Gasteiger partial charge on any atom is -0.493 e. The zero-order valence-corrected chi connectivity index (χ0v) is 15.1. The van der Waals surface area contributed by atoms with E-state index in [0.717, 1.165) is 5.69 Å². The summed E-state index contributed by atoms with van der Waals surface area (Å²) >= 11 is 1.38. The molecule has 0 spiro atoms. The molecule has 0 saturated carbocycles. The standard InChI is InChI=1S/C17H17N3O4S/c1-9-8-25-17-18-10(2)14(16(22)20(9)17)19-15(21)11-5-6-12(23-3)13(7-11)24-4/h5-8H,1-4H3,(H,19,21). The summed E-state index contributed by atoms with van der Waals surface area (Å²) in [5.41, 5.74) is 1.47. The number of methoxy groups -OCH3 is 2. The molecule has 0 aliphatic carbocycles. The van der Waals surface area contributed by atoms with Gasteiger partial charge in [0.15, 0.2) is 16.5 Å². The Balaban J connectivity index is 2.00. The van der Waals surface area contributed by atoms with Crippen LogP contribution in [0.4, 0.5) is 5.69 Å². The van der Waals surface area contributed by atoms with E-state index in [1.165, 1.54) is 30.0 Å². The highest BCUT2D eigenvalue weighted by atomic mass is 32.1. The number of nitrogens with zero attached hydrogens (tertiary/aromatic N) is 2. The van der Waals surface area contributed by atoms with Gasteiger partial charge in [0, 0.05) is 16.6 Å². The summed E-state index contributed by atoms with van der Waals surface area (Å²) in [5.74, 6) is 0.536. The second-order valence-electron chi connectivity index (χ2n) is 5.40. The predicted octanol–water partition coefficient (Wildman–Crippen LogP) is 2.64. The highest BCUT2D eigenvalue weighted by Gasteiger charge is 2.17. The maximum atomic E-state index is 12.7. The van der Waals surface area contributed by atoms with E-state index in [0.29, 0.717) is 27.7 Å². The molecule has 0 radical (unpaired) electrons. The smallest absolute Gasteiger partial charge is 0.282 e. The Morgan fingerprint density at radius 2 is 1.92 bits per heavy atom. The van der Waals surface area contributed by atoms with Crippen LogP contribution < -0.4 is 20.3 Å². The van der Waals surface area contributed by atoms with Crippen molar-refractivity contribution in [3.63, 3.8) is 0 Å². The van der Waals surface area contributed by atoms with Crippen molar-refractivity contribution < 1.29 is 14.3 Å². The molecular formula is C17H17N3O4S. The summed E-state index contributed by atoms with van der Waals surface area (Å²) in [6, 6.07) is 4.80. The number of benzene rings is 1. The fourth-order valence-electron chi connectivity index (χ4n) is 2.49. The Labute approximate surface area is 147 Å². The Kier molecular flexibility index (Phi) is 4.45. The molecule has 2 aromatic heterocycles. The van der Waals surface area contributed by atoms with Crippen LogP contribution in [0.1, 0.15) is 21.7 Å². The van der Waals surface area contributed by atoms with Gasteiger partial charge in [-0.1, -0.05) is 0 Å². The summed E-state index contributed by atoms with van der Waals surface area (Å²) in [6.07, 6.45) is 0. The van der Waals surface area contributed by atoms with E-state index in [9.17, 15) is 9.59 Å². The first-order chi connectivity index (χ1) is 12.0. The van der Waals surface area contributed by atoms with E-state index >= 15 is 0 Å². The largest absolute Gasteiger partial charge is 0.493 e. The number of ether oxygens (including phenoxy) is 2. The molecule has 1 N–H and O–H groups in total. The van der Waals surface area contributed by atoms with Gasteiger partial charge in [0.2, 0.25) is 0 Å². The predicted molar refractivity (Wildman–Crippen MR) is 96.3 cm³/mol. The molecule has 0 aliphatic rings. The van der Waals surface area contributed by atoms with E-state index in [4.69, 9.17) is 9.47 Å². The van der Waals surface area contributed by atoms with Crippen LogP contribution >= 0.6 is 11.3 Å². The number of nitrogens with one attached hydrogen (secondary N) is 1. The minimum atomic E-state index is -0.421. The molecule has 0 fully saturated rings. The van der Waals surface area contributed by atoms with E-state index in [1.54, 1.807) is 25.1 Å². The molecule has 1 aromatic carbocycles. The number of rotatable bonds is 4. The molecular weight excluding hydrogens is 342 g/mol. The van der Waals surface area contributed by atoms with Crippen LogP contribution in [0.25, 0.3) is 4.96 Å². The van der Waals surface area contributed by atoms with Crippen molar-refractivity contribution in [2.24, 2.45) is 0 Å². The number of carbonyl (C=O) groups excluding carboxylic acids is 1. The maximum Gasteiger partial charge on any atom is 0.282 e. The third-order valence-electron chi connectivity index (χ3n) is 3.81. The summed E-state index contributed by atoms with van der Waals surface area (Å²) in [7, 11) is 3.01. The van der Waals surface area contributed by atoms with Gasteiger partial charge in [-0.25, -0.2) is 4.98 Å². The monoisotopic (exact) mass is 359 g/mol. The van der Waals surface area contributed by atoms with Crippen molar-refractivity contribution in [3.05, 3.63) is 50.9 Å². The molecule has 0 atom stereocenters. The number of fused-ring (bicyclic) bond motifs is 1. The lowest BCUT2D eigenvalue weighted by molar-refractivity contribution is 0.102. The zero-order valence-electron chi connectivity index (χ0n) is 14.2. The lowest BCUT2D eigenvalue weighted by atomic mass is 10.2. The first-order valence-electron chi connectivity index (χ1n) is 7.47. The lowest BCUT2D eigenvalue weighted by Gasteiger charge is -2.11. The molecule has 130 valence electrons. The van der Waals surface area contributed by atoms with Crippen LogP contribution in [0, 0.1) is 13.8 Å². The van der Waals surface area contributed by atoms with Gasteiger partial charge in [0.25, 0.3) is 11.5 Å². The molecule has 2 heterocycles. The average molecular weight is 359 g/mol. The Morgan fingerprint density at radius 3 is 2.60 bits per heavy atom. The Bertz CT molecular complexity index is 1020. The van der Waals surface area contributed by atoms with Gasteiger partial charge in [-0.15, -0.1) is 11.3 Å². The van der Waals surface area contributed by atoms with Crippen molar-refractivity contribution in [2.75, 3.05) is 19.5 Å². The molecule has 0 unspecified atom stereocenters. The molecule has 0 saturated heterocycles. The SMILES string of the molecule is COc1ccc(C(=O)Nc2c(C)nc3scc(C)n3c2=O)cc1OC. The topological polar surface area (TPSA) is 81.9 Å². The van der Waals surface area contributed by atoms with Crippen LogP contribution in [0.5, 0.6) is 11.5 Å². The third kappa shape index (κ3) is 2.96. The van der Waals surface area contributed by atoms with Gasteiger partial charge in [-0.3, -0.25) is 14.0 Å². The maximum absolute atomic E-state index is 12.7. The second kappa shape index (κ2) is 6.56. The fourth-order valence-corrected chi connectivity index (χ4v) is 3.39. The quantitative estimate of drug-likeness (QED) is 0.774. The summed E-state index contributed by atoms with van der Waals surface area (Å²) in [6.45, 7) is 3.52. The van der Waals surface area contributed by atoms with Gasteiger partial charge in [0.1, 0.15) is 5.69 Å². The van der Waals surface area contributed by atoms with Crippen LogP contribution in [0.3, 0.4) is 0 Å². The van der Waals surface area contributed by atoms with E-state index < -0.39 is 5.91 Å². The van der Waals surface area contributed by atoms with Crippen LogP contribution in [-0.4, -0.2) is 29.5 Å². The van der Waals surface area contributed by atoms with Gasteiger partial charge < -0.3 is 14.8 Å². The van der Waals surface area contributed by atoms with E-state index in [-0.39, 0.29) is 11.2 Å². The first-order valence-corrected chi connectivity index (χ1v) is 8.35. The number of amides is 1. The number of hydrogen-bond donors (Lipinski definition) is 1. The van der Waals surface area contributed by atoms with Crippen molar-refractivity contribution in [1.29, 1.82) is 0 Å². The first kappa shape index (κ1) is 17.0. The van der Waals surface area contributed by atoms with Crippen molar-refractivity contribution in [3.8, 4) is 11.5 Å². The zero-order chi connectivity index (χ0) is 18.1. The Morgan fingerprint density at radius 1 is 1.20 bits per heavy atom. The van der Waals surface area contributed by atoms with E-state index in [2.05, 4.69) is 10.3 Å². The average Bonchev–Trinajstić information content (AvgIpc) is 2.98. The number of aromatic nitrogens is 2. The number of carbonyl (C=O) groups is 1. The van der Waals surface area contributed by atoms with Gasteiger partial charge >= 0.3 is 0 Å². The van der Waals surface area contributed by atoms with Crippen molar-refractivity contribution in [1.82, 2.24) is 9.38 Å². The number of thiazole rings is 1. The number of hydrogen-bond acceptors (Lipinski definition) is 6. The highest BCUT2D eigenvalue weighted by molar-refractivity contribution is 7.15. The Hall–Kier alpha value is -2.87. The van der Waals surface area contributed by atoms with Gasteiger partial charge in [-0.2, -0.15) is 0 Å². The molecule has 0 bridgehead atoms. The summed E-state index contributed by atoms with van der Waals surface area (Å²) in [4.78, 5) is 30.2. The van der Waals surface area contributed by atoms with Crippen molar-refractivity contribution >= 4 is 27.9 Å². The van der Waals surface area contributed by atoms with E-state index in [1.807, 2.05) is 12.3 Å². The number of aryl methyl sites for hydroxylation is 2.